The normalized spacial score (nSPS) is 11.6. The lowest BCUT2D eigenvalue weighted by Crippen LogP contribution is -2.29. The molecule has 236 valence electrons. The van der Waals surface area contributed by atoms with Crippen molar-refractivity contribution in [2.24, 2.45) is 7.05 Å². The molecule has 4 heterocycles. The second-order valence-electron chi connectivity index (χ2n) is 10.9. The molecule has 5 rings (SSSR count). The highest BCUT2D eigenvalue weighted by Gasteiger charge is 2.21. The van der Waals surface area contributed by atoms with Gasteiger partial charge in [-0.25, -0.2) is 9.97 Å². The molecule has 4 aromatic heterocycles. The van der Waals surface area contributed by atoms with E-state index in [4.69, 9.17) is 19.2 Å². The Morgan fingerprint density at radius 3 is 2.47 bits per heavy atom. The highest BCUT2D eigenvalue weighted by atomic mass is 79.9. The maximum atomic E-state index is 12.7. The number of ether oxygens (including phenoxy) is 1. The topological polar surface area (TPSA) is 148 Å². The van der Waals surface area contributed by atoms with Crippen LogP contribution in [0.25, 0.3) is 22.2 Å². The zero-order valence-electron chi connectivity index (χ0n) is 26.1. The average Bonchev–Trinajstić information content (AvgIpc) is 3.43. The third-order valence-electron chi connectivity index (χ3n) is 6.57. The fourth-order valence-electron chi connectivity index (χ4n) is 4.44. The molecule has 1 aromatic carbocycles. The molecule has 0 spiro atoms. The fraction of sp³-hybridized carbons (Fsp3) is 0.310. The van der Waals surface area contributed by atoms with E-state index in [1.165, 1.54) is 0 Å². The Morgan fingerprint density at radius 2 is 1.78 bits per heavy atom. The number of hydrogen-bond acceptors (Lipinski definition) is 13. The van der Waals surface area contributed by atoms with Crippen molar-refractivity contribution >= 4 is 63.3 Å². The predicted molar refractivity (Wildman–Crippen MR) is 181 cm³/mol. The number of nitrogens with zero attached hydrogens (tertiary/aromatic N) is 9. The molecular formula is C29H35BrN11O3P. The summed E-state index contributed by atoms with van der Waals surface area (Å²) in [6.45, 7) is 4.69. The molecule has 0 radical (unpaired) electrons. The average molecular weight is 697 g/mol. The van der Waals surface area contributed by atoms with E-state index in [0.717, 1.165) is 30.0 Å². The van der Waals surface area contributed by atoms with Crippen molar-refractivity contribution in [2.45, 2.75) is 0 Å². The Balaban J connectivity index is 1.52. The molecule has 0 aliphatic heterocycles. The van der Waals surface area contributed by atoms with Gasteiger partial charge in [0.15, 0.2) is 5.75 Å². The number of likely N-dealkylation sites (N-methyl/N-ethyl adjacent to an activating group) is 2. The lowest BCUT2D eigenvalue weighted by Gasteiger charge is -2.24. The minimum atomic E-state index is -2.95. The molecular weight excluding hydrogens is 661 g/mol. The Hall–Kier alpha value is -4.33. The first-order valence-electron chi connectivity index (χ1n) is 13.9. The van der Waals surface area contributed by atoms with Crippen LogP contribution in [0.5, 0.6) is 11.6 Å². The summed E-state index contributed by atoms with van der Waals surface area (Å²) in [6.07, 6.45) is 8.51. The molecule has 0 bridgehead atoms. The number of anilines is 5. The Labute approximate surface area is 269 Å². The number of nitrogens with one attached hydrogen (secondary N) is 2. The van der Waals surface area contributed by atoms with E-state index < -0.39 is 7.37 Å². The Bertz CT molecular complexity index is 1880. The van der Waals surface area contributed by atoms with Gasteiger partial charge in [0, 0.05) is 76.4 Å². The summed E-state index contributed by atoms with van der Waals surface area (Å²) >= 11 is 3.54. The number of rotatable bonds is 12. The van der Waals surface area contributed by atoms with Gasteiger partial charge in [-0.05, 0) is 48.2 Å². The monoisotopic (exact) mass is 695 g/mol. The number of aryl methyl sites for hydroxylation is 1. The van der Waals surface area contributed by atoms with Crippen LogP contribution in [0.2, 0.25) is 0 Å². The molecule has 0 unspecified atom stereocenters. The minimum Gasteiger partial charge on any atom is -0.479 e. The first kappa shape index (κ1) is 32.1. The minimum absolute atomic E-state index is 0.284. The number of aromatic nitrogens is 7. The second-order valence-corrected chi connectivity index (χ2v) is 14.4. The van der Waals surface area contributed by atoms with Crippen LogP contribution < -0.4 is 24.8 Å². The highest BCUT2D eigenvalue weighted by molar-refractivity contribution is 9.10. The van der Waals surface area contributed by atoms with Crippen LogP contribution in [0.3, 0.4) is 0 Å². The van der Waals surface area contributed by atoms with Crippen LogP contribution in [-0.4, -0.2) is 94.3 Å². The standard InChI is InChI=1S/C29H35BrN11O3P/c1-39(2)12-13-40(3)27-19(18-15-34-41(4)17-18)14-23(28(38-27)43-5)36-29-33-16-20(30)26(37-29)35-22-9-8-21-24(32-11-10-31-21)25(22)44-45(6,7)42/h8-11,14-17H,12-13H2,1-7H3,(H2,33,35,36,37). The van der Waals surface area contributed by atoms with Gasteiger partial charge in [-0.15, -0.1) is 0 Å². The van der Waals surface area contributed by atoms with Gasteiger partial charge in [0.1, 0.15) is 22.8 Å². The van der Waals surface area contributed by atoms with Crippen LogP contribution in [0.1, 0.15) is 0 Å². The van der Waals surface area contributed by atoms with Crippen molar-refractivity contribution < 1.29 is 13.8 Å². The molecule has 5 aromatic rings. The molecule has 16 heteroatoms. The molecule has 2 N–H and O–H groups in total. The second kappa shape index (κ2) is 13.3. The van der Waals surface area contributed by atoms with Crippen LogP contribution in [0.4, 0.5) is 29.0 Å². The van der Waals surface area contributed by atoms with Gasteiger partial charge in [0.2, 0.25) is 19.2 Å². The van der Waals surface area contributed by atoms with Gasteiger partial charge in [0.25, 0.3) is 0 Å². The third kappa shape index (κ3) is 7.67. The van der Waals surface area contributed by atoms with E-state index in [1.807, 2.05) is 40.5 Å². The Morgan fingerprint density at radius 1 is 1.00 bits per heavy atom. The SMILES string of the molecule is COc1nc(N(C)CCN(C)C)c(-c2cnn(C)c2)cc1Nc1ncc(Br)c(Nc2ccc3nccnc3c2OP(C)(C)=O)n1. The van der Waals surface area contributed by atoms with E-state index in [0.29, 0.717) is 44.3 Å². The van der Waals surface area contributed by atoms with Crippen LogP contribution in [0.15, 0.2) is 53.7 Å². The molecule has 0 amide bonds. The smallest absolute Gasteiger partial charge is 0.242 e. The van der Waals surface area contributed by atoms with Gasteiger partial charge in [0.05, 0.1) is 29.0 Å². The lowest BCUT2D eigenvalue weighted by molar-refractivity contribution is 0.398. The van der Waals surface area contributed by atoms with Crippen molar-refractivity contribution in [1.29, 1.82) is 0 Å². The number of methoxy groups -OCH3 is 1. The summed E-state index contributed by atoms with van der Waals surface area (Å²) in [5, 5.41) is 10.9. The van der Waals surface area contributed by atoms with E-state index in [9.17, 15) is 4.57 Å². The number of pyridine rings is 1. The fourth-order valence-corrected chi connectivity index (χ4v) is 5.35. The molecule has 0 saturated carbocycles. The first-order valence-corrected chi connectivity index (χ1v) is 17.2. The summed E-state index contributed by atoms with van der Waals surface area (Å²) in [4.78, 5) is 27.0. The molecule has 0 aliphatic rings. The lowest BCUT2D eigenvalue weighted by atomic mass is 10.1. The maximum Gasteiger partial charge on any atom is 0.242 e. The summed E-state index contributed by atoms with van der Waals surface area (Å²) in [5.41, 5.74) is 3.93. The summed E-state index contributed by atoms with van der Waals surface area (Å²) in [7, 11) is 6.56. The van der Waals surface area contributed by atoms with E-state index in [1.54, 1.807) is 62.0 Å². The van der Waals surface area contributed by atoms with Crippen molar-refractivity contribution in [3.63, 3.8) is 0 Å². The zero-order chi connectivity index (χ0) is 32.3. The van der Waals surface area contributed by atoms with Crippen molar-refractivity contribution in [2.75, 3.05) is 70.2 Å². The molecule has 0 aliphatic carbocycles. The van der Waals surface area contributed by atoms with Crippen molar-refractivity contribution in [3.05, 3.63) is 53.7 Å². The quantitative estimate of drug-likeness (QED) is 0.161. The van der Waals surface area contributed by atoms with Crippen molar-refractivity contribution in [3.8, 4) is 22.8 Å². The van der Waals surface area contributed by atoms with Gasteiger partial charge >= 0.3 is 0 Å². The molecule has 0 atom stereocenters. The summed E-state index contributed by atoms with van der Waals surface area (Å²) in [5.74, 6) is 2.16. The van der Waals surface area contributed by atoms with Crippen molar-refractivity contribution in [1.82, 2.24) is 39.6 Å². The van der Waals surface area contributed by atoms with Crippen LogP contribution >= 0.6 is 23.3 Å². The van der Waals surface area contributed by atoms with E-state index >= 15 is 0 Å². The maximum absolute atomic E-state index is 12.7. The van der Waals surface area contributed by atoms with E-state index in [2.05, 4.69) is 56.4 Å². The number of halogens is 1. The Kier molecular flexibility index (Phi) is 9.51. The molecule has 0 saturated heterocycles. The largest absolute Gasteiger partial charge is 0.479 e. The molecule has 14 nitrogen and oxygen atoms in total. The van der Waals surface area contributed by atoms with Gasteiger partial charge in [-0.3, -0.25) is 14.2 Å². The highest BCUT2D eigenvalue weighted by Crippen LogP contribution is 2.45. The van der Waals surface area contributed by atoms with Gasteiger partial charge in [-0.2, -0.15) is 15.1 Å². The van der Waals surface area contributed by atoms with Crippen LogP contribution in [-0.2, 0) is 11.6 Å². The predicted octanol–water partition coefficient (Wildman–Crippen LogP) is 5.39. The molecule has 0 fully saturated rings. The van der Waals surface area contributed by atoms with Crippen LogP contribution in [0, 0.1) is 0 Å². The third-order valence-corrected chi connectivity index (χ3v) is 7.77. The van der Waals surface area contributed by atoms with E-state index in [-0.39, 0.29) is 5.95 Å². The van der Waals surface area contributed by atoms with Gasteiger partial charge in [-0.1, -0.05) is 0 Å². The van der Waals surface area contributed by atoms with Gasteiger partial charge < -0.3 is 29.7 Å². The first-order chi connectivity index (χ1) is 21.4. The summed E-state index contributed by atoms with van der Waals surface area (Å²) in [6, 6.07) is 5.54. The zero-order valence-corrected chi connectivity index (χ0v) is 28.6. The number of hydrogen-bond donors (Lipinski definition) is 2. The molecule has 45 heavy (non-hydrogen) atoms. The number of fused-ring (bicyclic) bond motifs is 1. The summed E-state index contributed by atoms with van der Waals surface area (Å²) < 4.78 is 26.7. The number of benzene rings is 1.